The average molecular weight is 336 g/mol. The van der Waals surface area contributed by atoms with Gasteiger partial charge in [0.1, 0.15) is 11.3 Å². The second kappa shape index (κ2) is 5.86. The summed E-state index contributed by atoms with van der Waals surface area (Å²) in [6, 6.07) is 9.58. The van der Waals surface area contributed by atoms with Crippen LogP contribution in [0.3, 0.4) is 0 Å². The summed E-state index contributed by atoms with van der Waals surface area (Å²) in [4.78, 5) is 23.4. The second-order valence-corrected chi connectivity index (χ2v) is 5.53. The highest BCUT2D eigenvalue weighted by Crippen LogP contribution is 2.23. The molecular weight excluding hydrogens is 323 g/mol. The molecule has 4 aromatic rings. The van der Waals surface area contributed by atoms with Gasteiger partial charge in [-0.15, -0.1) is 0 Å². The van der Waals surface area contributed by atoms with Gasteiger partial charge in [-0.1, -0.05) is 0 Å². The molecule has 0 saturated heterocycles. The zero-order chi connectivity index (χ0) is 17.4. The highest BCUT2D eigenvalue weighted by molar-refractivity contribution is 6.11. The first kappa shape index (κ1) is 15.1. The van der Waals surface area contributed by atoms with Gasteiger partial charge in [-0.2, -0.15) is 0 Å². The quantitative estimate of drug-likeness (QED) is 0.594. The van der Waals surface area contributed by atoms with Crippen LogP contribution in [0.25, 0.3) is 22.4 Å². The molecule has 25 heavy (non-hydrogen) atoms. The van der Waals surface area contributed by atoms with E-state index < -0.39 is 11.7 Å². The van der Waals surface area contributed by atoms with Gasteiger partial charge in [-0.05, 0) is 36.4 Å². The molecule has 6 nitrogen and oxygen atoms in total. The highest BCUT2D eigenvalue weighted by atomic mass is 19.1. The number of nitrogens with zero attached hydrogens (tertiary/aromatic N) is 2. The second-order valence-electron chi connectivity index (χ2n) is 5.53. The maximum atomic E-state index is 13.7. The van der Waals surface area contributed by atoms with Gasteiger partial charge in [0.25, 0.3) is 5.91 Å². The minimum absolute atomic E-state index is 0.172. The summed E-state index contributed by atoms with van der Waals surface area (Å²) in [7, 11) is 0. The highest BCUT2D eigenvalue weighted by Gasteiger charge is 2.14. The van der Waals surface area contributed by atoms with Gasteiger partial charge in [0.05, 0.1) is 23.6 Å². The Bertz CT molecular complexity index is 1070. The van der Waals surface area contributed by atoms with Crippen molar-refractivity contribution in [3.05, 3.63) is 66.2 Å². The lowest BCUT2D eigenvalue weighted by Gasteiger charge is -2.07. The van der Waals surface area contributed by atoms with Gasteiger partial charge in [0.2, 0.25) is 0 Å². The molecule has 0 saturated carbocycles. The standard InChI is InChI=1S/C18H13FN4O2/c1-10-20-8-16(25-10)11-2-4-13(5-3-11)23-18(24)14-6-12(19)7-15-17(14)22-9-21-15/h2-9H,1H3,(H,21,22)(H,23,24). The molecular formula is C18H13FN4O2. The lowest BCUT2D eigenvalue weighted by molar-refractivity contribution is 0.102. The molecule has 0 aliphatic heterocycles. The number of carbonyl (C=O) groups is 1. The third-order valence-corrected chi connectivity index (χ3v) is 3.78. The van der Waals surface area contributed by atoms with Gasteiger partial charge in [-0.3, -0.25) is 4.79 Å². The summed E-state index contributed by atoms with van der Waals surface area (Å²) in [5.41, 5.74) is 2.50. The Morgan fingerprint density at radius 3 is 2.72 bits per heavy atom. The van der Waals surface area contributed by atoms with E-state index in [9.17, 15) is 9.18 Å². The number of benzene rings is 2. The molecule has 0 aliphatic rings. The maximum Gasteiger partial charge on any atom is 0.258 e. The van der Waals surface area contributed by atoms with Crippen LogP contribution in [-0.2, 0) is 0 Å². The van der Waals surface area contributed by atoms with E-state index in [2.05, 4.69) is 20.3 Å². The molecule has 1 amide bonds. The number of carbonyl (C=O) groups excluding carboxylic acids is 1. The molecule has 2 aromatic carbocycles. The summed E-state index contributed by atoms with van der Waals surface area (Å²) in [5, 5.41) is 2.75. The van der Waals surface area contributed by atoms with Gasteiger partial charge in [-0.25, -0.2) is 14.4 Å². The first-order chi connectivity index (χ1) is 12.1. The molecule has 0 spiro atoms. The van der Waals surface area contributed by atoms with Crippen molar-refractivity contribution < 1.29 is 13.6 Å². The van der Waals surface area contributed by atoms with Crippen molar-refractivity contribution in [2.75, 3.05) is 5.32 Å². The number of rotatable bonds is 3. The first-order valence-electron chi connectivity index (χ1n) is 7.57. The lowest BCUT2D eigenvalue weighted by atomic mass is 10.1. The molecule has 2 heterocycles. The van der Waals surface area contributed by atoms with Crippen molar-refractivity contribution in [2.24, 2.45) is 0 Å². The number of hydrogen-bond donors (Lipinski definition) is 2. The Hall–Kier alpha value is -3.48. The van der Waals surface area contributed by atoms with E-state index >= 15 is 0 Å². The Balaban J connectivity index is 1.59. The van der Waals surface area contributed by atoms with Crippen molar-refractivity contribution in [2.45, 2.75) is 6.92 Å². The number of imidazole rings is 1. The summed E-state index contributed by atoms with van der Waals surface area (Å²) in [6.45, 7) is 1.77. The summed E-state index contributed by atoms with van der Waals surface area (Å²) in [5.74, 6) is 0.304. The number of halogens is 1. The van der Waals surface area contributed by atoms with Crippen LogP contribution >= 0.6 is 0 Å². The Kier molecular flexibility index (Phi) is 3.53. The number of amides is 1. The third-order valence-electron chi connectivity index (χ3n) is 3.78. The largest absolute Gasteiger partial charge is 0.441 e. The van der Waals surface area contributed by atoms with Crippen LogP contribution in [0.1, 0.15) is 16.2 Å². The number of hydrogen-bond acceptors (Lipinski definition) is 4. The molecule has 4 rings (SSSR count). The number of fused-ring (bicyclic) bond motifs is 1. The van der Waals surface area contributed by atoms with Gasteiger partial charge in [0.15, 0.2) is 11.7 Å². The monoisotopic (exact) mass is 336 g/mol. The van der Waals surface area contributed by atoms with Gasteiger partial charge >= 0.3 is 0 Å². The lowest BCUT2D eigenvalue weighted by Crippen LogP contribution is -2.12. The van der Waals surface area contributed by atoms with Crippen LogP contribution < -0.4 is 5.32 Å². The molecule has 7 heteroatoms. The topological polar surface area (TPSA) is 83.8 Å². The van der Waals surface area contributed by atoms with Crippen molar-refractivity contribution >= 4 is 22.6 Å². The molecule has 124 valence electrons. The van der Waals surface area contributed by atoms with Crippen LogP contribution in [0.15, 0.2) is 53.3 Å². The average Bonchev–Trinajstić information content (AvgIpc) is 3.23. The van der Waals surface area contributed by atoms with Crippen LogP contribution in [0.5, 0.6) is 0 Å². The Morgan fingerprint density at radius 1 is 1.20 bits per heavy atom. The molecule has 0 atom stereocenters. The molecule has 0 bridgehead atoms. The molecule has 0 unspecified atom stereocenters. The van der Waals surface area contributed by atoms with Gasteiger partial charge in [0, 0.05) is 18.2 Å². The zero-order valence-electron chi connectivity index (χ0n) is 13.2. The molecule has 0 aliphatic carbocycles. The van der Waals surface area contributed by atoms with E-state index in [0.717, 1.165) is 5.56 Å². The number of oxazole rings is 1. The fourth-order valence-corrected chi connectivity index (χ4v) is 2.60. The summed E-state index contributed by atoms with van der Waals surface area (Å²) in [6.07, 6.45) is 3.07. The minimum atomic E-state index is -0.502. The summed E-state index contributed by atoms with van der Waals surface area (Å²) < 4.78 is 19.1. The Morgan fingerprint density at radius 2 is 2.00 bits per heavy atom. The maximum absolute atomic E-state index is 13.7. The number of H-pyrrole nitrogens is 1. The summed E-state index contributed by atoms with van der Waals surface area (Å²) >= 11 is 0. The number of aryl methyl sites for hydroxylation is 1. The number of nitrogens with one attached hydrogen (secondary N) is 2. The van der Waals surface area contributed by atoms with Crippen molar-refractivity contribution in [3.63, 3.8) is 0 Å². The van der Waals surface area contributed by atoms with Crippen LogP contribution in [0.4, 0.5) is 10.1 Å². The Labute approximate surface area is 141 Å². The number of aromatic amines is 1. The van der Waals surface area contributed by atoms with E-state index in [0.29, 0.717) is 28.4 Å². The predicted octanol–water partition coefficient (Wildman–Crippen LogP) is 3.92. The first-order valence-corrected chi connectivity index (χ1v) is 7.57. The fraction of sp³-hybridized carbons (Fsp3) is 0.0556. The van der Waals surface area contributed by atoms with Crippen LogP contribution in [-0.4, -0.2) is 20.9 Å². The van der Waals surface area contributed by atoms with E-state index in [4.69, 9.17) is 4.42 Å². The third kappa shape index (κ3) is 2.87. The SMILES string of the molecule is Cc1ncc(-c2ccc(NC(=O)c3cc(F)cc4[nH]cnc34)cc2)o1. The zero-order valence-corrected chi connectivity index (χ0v) is 13.2. The smallest absolute Gasteiger partial charge is 0.258 e. The molecule has 2 N–H and O–H groups in total. The number of anilines is 1. The minimum Gasteiger partial charge on any atom is -0.441 e. The molecule has 2 aromatic heterocycles. The molecule has 0 radical (unpaired) electrons. The van der Waals surface area contributed by atoms with Crippen molar-refractivity contribution in [1.82, 2.24) is 15.0 Å². The van der Waals surface area contributed by atoms with E-state index in [-0.39, 0.29) is 5.56 Å². The van der Waals surface area contributed by atoms with Crippen molar-refractivity contribution in [3.8, 4) is 11.3 Å². The molecule has 0 fully saturated rings. The van der Waals surface area contributed by atoms with E-state index in [1.165, 1.54) is 18.5 Å². The van der Waals surface area contributed by atoms with E-state index in [1.54, 1.807) is 25.3 Å². The van der Waals surface area contributed by atoms with Crippen LogP contribution in [0.2, 0.25) is 0 Å². The van der Waals surface area contributed by atoms with E-state index in [1.807, 2.05) is 12.1 Å². The van der Waals surface area contributed by atoms with Gasteiger partial charge < -0.3 is 14.7 Å². The fourth-order valence-electron chi connectivity index (χ4n) is 2.60. The normalized spacial score (nSPS) is 11.0. The van der Waals surface area contributed by atoms with Crippen LogP contribution in [0, 0.1) is 12.7 Å². The predicted molar refractivity (Wildman–Crippen MR) is 90.7 cm³/mol. The van der Waals surface area contributed by atoms with Crippen molar-refractivity contribution in [1.29, 1.82) is 0 Å². The number of aromatic nitrogens is 3.